The number of alkyl halides is 3. The van der Waals surface area contributed by atoms with Crippen LogP contribution in [-0.4, -0.2) is 54.2 Å². The fourth-order valence-corrected chi connectivity index (χ4v) is 4.09. The monoisotopic (exact) mass is 506 g/mol. The summed E-state index contributed by atoms with van der Waals surface area (Å²) in [5.41, 5.74) is 0.436. The maximum absolute atomic E-state index is 13.1. The van der Waals surface area contributed by atoms with Gasteiger partial charge in [0.2, 0.25) is 5.91 Å². The number of benzene rings is 2. The Balaban J connectivity index is 1.57. The van der Waals surface area contributed by atoms with Gasteiger partial charge in [-0.25, -0.2) is 9.59 Å². The lowest BCUT2D eigenvalue weighted by Gasteiger charge is -2.39. The molecule has 0 spiro atoms. The summed E-state index contributed by atoms with van der Waals surface area (Å²) < 4.78 is 46.6. The van der Waals surface area contributed by atoms with E-state index in [4.69, 9.17) is 4.74 Å². The summed E-state index contributed by atoms with van der Waals surface area (Å²) >= 11 is 0. The van der Waals surface area contributed by atoms with Crippen molar-refractivity contribution in [2.24, 2.45) is 0 Å². The molecule has 0 saturated carbocycles. The second-order valence-corrected chi connectivity index (χ2v) is 8.75. The molecule has 1 aliphatic rings. The first-order chi connectivity index (χ1) is 17.1. The third kappa shape index (κ3) is 7.30. The standard InChI is InChI=1S/C26H29F3N2O5/c1-17(16-35-21-8-4-3-5-9-21)31-15-7-6-10-22(31)23(32)30-18(2)19-11-13-20(14-12-19)24(33)36-25(34)26(27,28)29/h3-5,8-9,11-14,17-18,22H,6-7,10,15-16H2,1-2H3,(H,30,32)/t17?,18-,22+/m0/s1. The summed E-state index contributed by atoms with van der Waals surface area (Å²) in [5, 5.41) is 2.98. The van der Waals surface area contributed by atoms with Crippen LogP contribution in [0.4, 0.5) is 13.2 Å². The largest absolute Gasteiger partial charge is 0.492 e. The number of halogens is 3. The summed E-state index contributed by atoms with van der Waals surface area (Å²) in [5.74, 6) is -3.33. The number of carbonyl (C=O) groups excluding carboxylic acids is 3. The molecule has 36 heavy (non-hydrogen) atoms. The average molecular weight is 507 g/mol. The number of nitrogens with zero attached hydrogens (tertiary/aromatic N) is 1. The molecule has 1 N–H and O–H groups in total. The van der Waals surface area contributed by atoms with Gasteiger partial charge in [0, 0.05) is 6.04 Å². The van der Waals surface area contributed by atoms with E-state index in [1.54, 1.807) is 6.92 Å². The first-order valence-corrected chi connectivity index (χ1v) is 11.7. The Bertz CT molecular complexity index is 1040. The highest BCUT2D eigenvalue weighted by Gasteiger charge is 2.42. The lowest BCUT2D eigenvalue weighted by Crippen LogP contribution is -2.54. The summed E-state index contributed by atoms with van der Waals surface area (Å²) in [7, 11) is 0. The number of amides is 1. The highest BCUT2D eigenvalue weighted by atomic mass is 19.4. The van der Waals surface area contributed by atoms with Crippen molar-refractivity contribution in [3.05, 3.63) is 65.7 Å². The van der Waals surface area contributed by atoms with E-state index in [0.717, 1.165) is 25.1 Å². The highest BCUT2D eigenvalue weighted by molar-refractivity contribution is 5.98. The quantitative estimate of drug-likeness (QED) is 0.421. The maximum Gasteiger partial charge on any atom is 0.491 e. The van der Waals surface area contributed by atoms with E-state index in [1.165, 1.54) is 24.3 Å². The van der Waals surface area contributed by atoms with Gasteiger partial charge in [-0.15, -0.1) is 0 Å². The van der Waals surface area contributed by atoms with Crippen LogP contribution >= 0.6 is 0 Å². The number of likely N-dealkylation sites (tertiary alicyclic amines) is 1. The normalized spacial score (nSPS) is 18.1. The molecule has 1 fully saturated rings. The fraction of sp³-hybridized carbons (Fsp3) is 0.423. The zero-order valence-electron chi connectivity index (χ0n) is 20.1. The molecule has 2 aromatic carbocycles. The Morgan fingerprint density at radius 1 is 1.03 bits per heavy atom. The molecule has 3 rings (SSSR count). The molecule has 1 amide bonds. The van der Waals surface area contributed by atoms with Crippen molar-refractivity contribution in [3.8, 4) is 5.75 Å². The third-order valence-electron chi connectivity index (χ3n) is 6.07. The van der Waals surface area contributed by atoms with E-state index in [0.29, 0.717) is 18.6 Å². The molecule has 2 aromatic rings. The molecule has 0 aliphatic carbocycles. The van der Waals surface area contributed by atoms with Crippen LogP contribution in [0.1, 0.15) is 55.1 Å². The summed E-state index contributed by atoms with van der Waals surface area (Å²) in [6.07, 6.45) is -2.62. The van der Waals surface area contributed by atoms with Gasteiger partial charge >= 0.3 is 18.1 Å². The van der Waals surface area contributed by atoms with Crippen LogP contribution in [0.15, 0.2) is 54.6 Å². The molecule has 10 heteroatoms. The molecule has 0 bridgehead atoms. The highest BCUT2D eigenvalue weighted by Crippen LogP contribution is 2.23. The number of para-hydroxylation sites is 1. The molecule has 194 valence electrons. The van der Waals surface area contributed by atoms with Gasteiger partial charge in [-0.2, -0.15) is 13.2 Å². The summed E-state index contributed by atoms with van der Waals surface area (Å²) in [4.78, 5) is 37.9. The molecule has 3 atom stereocenters. The number of piperidine rings is 1. The molecule has 1 heterocycles. The molecular weight excluding hydrogens is 477 g/mol. The summed E-state index contributed by atoms with van der Waals surface area (Å²) in [6.45, 7) is 5.02. The van der Waals surface area contributed by atoms with Crippen LogP contribution in [0, 0.1) is 0 Å². The van der Waals surface area contributed by atoms with Crippen molar-refractivity contribution in [3.63, 3.8) is 0 Å². The number of carbonyl (C=O) groups is 3. The Labute approximate surface area is 207 Å². The van der Waals surface area contributed by atoms with Crippen LogP contribution in [0.25, 0.3) is 0 Å². The Morgan fingerprint density at radius 3 is 2.33 bits per heavy atom. The van der Waals surface area contributed by atoms with Gasteiger partial charge in [-0.1, -0.05) is 36.8 Å². The molecule has 1 aliphatic heterocycles. The fourth-order valence-electron chi connectivity index (χ4n) is 4.09. The second-order valence-electron chi connectivity index (χ2n) is 8.75. The van der Waals surface area contributed by atoms with Gasteiger partial charge in [0.15, 0.2) is 0 Å². The van der Waals surface area contributed by atoms with Gasteiger partial charge < -0.3 is 14.8 Å². The molecule has 0 aromatic heterocycles. The molecule has 7 nitrogen and oxygen atoms in total. The van der Waals surface area contributed by atoms with Crippen molar-refractivity contribution in [1.29, 1.82) is 0 Å². The Kier molecular flexibility index (Phi) is 9.08. The zero-order chi connectivity index (χ0) is 26.3. The molecule has 0 radical (unpaired) electrons. The first-order valence-electron chi connectivity index (χ1n) is 11.7. The first kappa shape index (κ1) is 27.2. The molecular formula is C26H29F3N2O5. The van der Waals surface area contributed by atoms with Crippen molar-refractivity contribution >= 4 is 17.8 Å². The average Bonchev–Trinajstić information content (AvgIpc) is 2.87. The predicted octanol–water partition coefficient (Wildman–Crippen LogP) is 4.43. The molecule has 1 saturated heterocycles. The number of hydrogen-bond donors (Lipinski definition) is 1. The van der Waals surface area contributed by atoms with Gasteiger partial charge in [-0.05, 0) is 63.1 Å². The van der Waals surface area contributed by atoms with Crippen LogP contribution in [0.5, 0.6) is 5.75 Å². The van der Waals surface area contributed by atoms with E-state index >= 15 is 0 Å². The zero-order valence-corrected chi connectivity index (χ0v) is 20.1. The number of nitrogens with one attached hydrogen (secondary N) is 1. The second kappa shape index (κ2) is 12.0. The van der Waals surface area contributed by atoms with Crippen LogP contribution < -0.4 is 10.1 Å². The van der Waals surface area contributed by atoms with Crippen molar-refractivity contribution in [2.75, 3.05) is 13.2 Å². The van der Waals surface area contributed by atoms with E-state index < -0.39 is 24.2 Å². The number of rotatable bonds is 8. The minimum Gasteiger partial charge on any atom is -0.492 e. The van der Waals surface area contributed by atoms with Crippen molar-refractivity contribution < 1.29 is 37.0 Å². The van der Waals surface area contributed by atoms with Crippen LogP contribution in [0.3, 0.4) is 0 Å². The predicted molar refractivity (Wildman–Crippen MR) is 125 cm³/mol. The van der Waals surface area contributed by atoms with Gasteiger partial charge in [0.1, 0.15) is 12.4 Å². The lowest BCUT2D eigenvalue weighted by molar-refractivity contribution is -0.193. The van der Waals surface area contributed by atoms with E-state index in [1.807, 2.05) is 37.3 Å². The Hall–Kier alpha value is -3.40. The number of esters is 2. The van der Waals surface area contributed by atoms with E-state index in [9.17, 15) is 27.6 Å². The van der Waals surface area contributed by atoms with Crippen molar-refractivity contribution in [2.45, 2.75) is 57.4 Å². The topological polar surface area (TPSA) is 84.9 Å². The van der Waals surface area contributed by atoms with Crippen LogP contribution in [0.2, 0.25) is 0 Å². The number of hydrogen-bond acceptors (Lipinski definition) is 6. The minimum atomic E-state index is -5.26. The summed E-state index contributed by atoms with van der Waals surface area (Å²) in [6, 6.07) is 14.2. The SMILES string of the molecule is CC(COc1ccccc1)N1CCCC[C@@H]1C(=O)N[C@@H](C)c1ccc(C(=O)OC(=O)C(F)(F)F)cc1. The van der Waals surface area contributed by atoms with Crippen molar-refractivity contribution in [1.82, 2.24) is 10.2 Å². The maximum atomic E-state index is 13.1. The Morgan fingerprint density at radius 2 is 1.69 bits per heavy atom. The van der Waals surface area contributed by atoms with E-state index in [2.05, 4.69) is 15.0 Å². The van der Waals surface area contributed by atoms with Gasteiger partial charge in [0.05, 0.1) is 17.6 Å². The van der Waals surface area contributed by atoms with Gasteiger partial charge in [-0.3, -0.25) is 9.69 Å². The smallest absolute Gasteiger partial charge is 0.491 e. The number of ether oxygens (including phenoxy) is 2. The lowest BCUT2D eigenvalue weighted by atomic mass is 9.98. The van der Waals surface area contributed by atoms with Crippen LogP contribution in [-0.2, 0) is 14.3 Å². The minimum absolute atomic E-state index is 0.0151. The van der Waals surface area contributed by atoms with E-state index in [-0.39, 0.29) is 23.6 Å². The third-order valence-corrected chi connectivity index (χ3v) is 6.07. The van der Waals surface area contributed by atoms with Gasteiger partial charge in [0.25, 0.3) is 0 Å². The molecule has 1 unspecified atom stereocenters.